The van der Waals surface area contributed by atoms with E-state index in [9.17, 15) is 19.2 Å². The molecule has 7 heteroatoms. The van der Waals surface area contributed by atoms with Crippen molar-refractivity contribution in [2.24, 2.45) is 11.7 Å². The van der Waals surface area contributed by atoms with Crippen molar-refractivity contribution in [3.63, 3.8) is 0 Å². The molecule has 0 spiro atoms. The van der Waals surface area contributed by atoms with Gasteiger partial charge in [-0.15, -0.1) is 5.06 Å². The lowest BCUT2D eigenvalue weighted by Crippen LogP contribution is -2.36. The van der Waals surface area contributed by atoms with E-state index in [4.69, 9.17) is 10.6 Å². The normalized spacial score (nSPS) is 16.6. The van der Waals surface area contributed by atoms with Crippen LogP contribution in [0.2, 0.25) is 0 Å². The molecule has 1 aliphatic heterocycles. The smallest absolute Gasteiger partial charge is 0.330 e. The third-order valence-electron chi connectivity index (χ3n) is 2.91. The van der Waals surface area contributed by atoms with Crippen LogP contribution in [0.15, 0.2) is 0 Å². The Bertz CT molecular complexity index is 378. The van der Waals surface area contributed by atoms with Crippen LogP contribution in [0.4, 0.5) is 0 Å². The molecule has 106 valence electrons. The van der Waals surface area contributed by atoms with E-state index in [0.717, 1.165) is 0 Å². The van der Waals surface area contributed by atoms with Crippen molar-refractivity contribution in [1.82, 2.24) is 5.06 Å². The Morgan fingerprint density at radius 1 is 1.26 bits per heavy atom. The van der Waals surface area contributed by atoms with E-state index in [1.54, 1.807) is 0 Å². The third kappa shape index (κ3) is 4.13. The summed E-state index contributed by atoms with van der Waals surface area (Å²) in [6, 6.07) is 0. The number of carbonyl (C=O) groups excluding carboxylic acids is 4. The van der Waals surface area contributed by atoms with E-state index in [1.807, 2.05) is 0 Å². The van der Waals surface area contributed by atoms with Gasteiger partial charge >= 0.3 is 5.97 Å². The lowest BCUT2D eigenvalue weighted by molar-refractivity contribution is -0.200. The molecule has 1 saturated heterocycles. The van der Waals surface area contributed by atoms with Gasteiger partial charge in [0.15, 0.2) is 0 Å². The molecule has 2 amide bonds. The molecule has 0 bridgehead atoms. The third-order valence-corrected chi connectivity index (χ3v) is 2.91. The Labute approximate surface area is 111 Å². The summed E-state index contributed by atoms with van der Waals surface area (Å²) in [7, 11) is 0. The molecule has 0 aromatic carbocycles. The molecule has 1 aliphatic rings. The summed E-state index contributed by atoms with van der Waals surface area (Å²) in [5, 5.41) is 0.460. The second-order valence-corrected chi connectivity index (χ2v) is 4.44. The van der Waals surface area contributed by atoms with Crippen molar-refractivity contribution < 1.29 is 24.0 Å². The molecule has 0 aliphatic carbocycles. The number of hydrogen-bond acceptors (Lipinski definition) is 6. The SMILES string of the molecule is CC(=O)C(CCCCN)C(=O)ON1C(=O)CCC1=O. The Kier molecular flexibility index (Phi) is 5.62. The van der Waals surface area contributed by atoms with Gasteiger partial charge in [-0.25, -0.2) is 4.79 Å². The first-order chi connectivity index (χ1) is 8.97. The van der Waals surface area contributed by atoms with Gasteiger partial charge in [0.25, 0.3) is 11.8 Å². The minimum absolute atomic E-state index is 0.0318. The number of hydroxylamine groups is 2. The highest BCUT2D eigenvalue weighted by atomic mass is 16.7. The summed E-state index contributed by atoms with van der Waals surface area (Å²) >= 11 is 0. The molecule has 0 aromatic rings. The maximum absolute atomic E-state index is 11.8. The molecule has 1 fully saturated rings. The van der Waals surface area contributed by atoms with Crippen molar-refractivity contribution in [2.75, 3.05) is 6.54 Å². The Morgan fingerprint density at radius 2 is 1.84 bits per heavy atom. The van der Waals surface area contributed by atoms with Crippen LogP contribution in [0.25, 0.3) is 0 Å². The van der Waals surface area contributed by atoms with Gasteiger partial charge in [-0.2, -0.15) is 0 Å². The zero-order chi connectivity index (χ0) is 14.4. The van der Waals surface area contributed by atoms with Crippen LogP contribution in [0, 0.1) is 5.92 Å². The van der Waals surface area contributed by atoms with Crippen LogP contribution in [0.3, 0.4) is 0 Å². The number of Topliss-reactive ketones (excluding diaryl/α,β-unsaturated/α-hetero) is 1. The average Bonchev–Trinajstić information content (AvgIpc) is 2.65. The van der Waals surface area contributed by atoms with E-state index >= 15 is 0 Å². The van der Waals surface area contributed by atoms with Crippen LogP contribution in [-0.4, -0.2) is 35.2 Å². The summed E-state index contributed by atoms with van der Waals surface area (Å²) < 4.78 is 0. The van der Waals surface area contributed by atoms with Crippen molar-refractivity contribution in [3.8, 4) is 0 Å². The van der Waals surface area contributed by atoms with Crippen LogP contribution < -0.4 is 5.73 Å². The van der Waals surface area contributed by atoms with Crippen molar-refractivity contribution >= 4 is 23.6 Å². The minimum Gasteiger partial charge on any atom is -0.330 e. The standard InChI is InChI=1S/C12H18N2O5/c1-8(15)9(4-2-3-7-13)12(18)19-14-10(16)5-6-11(14)17/h9H,2-7,13H2,1H3. The van der Waals surface area contributed by atoms with E-state index in [-0.39, 0.29) is 18.6 Å². The van der Waals surface area contributed by atoms with Gasteiger partial charge < -0.3 is 10.6 Å². The van der Waals surface area contributed by atoms with Gasteiger partial charge in [0.05, 0.1) is 0 Å². The molecule has 0 saturated carbocycles. The second-order valence-electron chi connectivity index (χ2n) is 4.44. The van der Waals surface area contributed by atoms with Gasteiger partial charge in [0, 0.05) is 12.8 Å². The first-order valence-electron chi connectivity index (χ1n) is 6.25. The molecular formula is C12H18N2O5. The molecular weight excluding hydrogens is 252 g/mol. The second kappa shape index (κ2) is 6.98. The van der Waals surface area contributed by atoms with Crippen molar-refractivity contribution in [3.05, 3.63) is 0 Å². The van der Waals surface area contributed by atoms with Gasteiger partial charge in [-0.05, 0) is 26.3 Å². The average molecular weight is 270 g/mol. The highest BCUT2D eigenvalue weighted by molar-refractivity contribution is 6.03. The molecule has 7 nitrogen and oxygen atoms in total. The molecule has 0 aromatic heterocycles. The number of nitrogens with two attached hydrogens (primary N) is 1. The highest BCUT2D eigenvalue weighted by Crippen LogP contribution is 2.17. The molecule has 1 atom stereocenters. The van der Waals surface area contributed by atoms with Crippen LogP contribution >= 0.6 is 0 Å². The number of rotatable bonds is 7. The maximum Gasteiger partial charge on any atom is 0.343 e. The Morgan fingerprint density at radius 3 is 2.32 bits per heavy atom. The minimum atomic E-state index is -0.951. The number of carbonyl (C=O) groups is 4. The zero-order valence-corrected chi connectivity index (χ0v) is 10.9. The van der Waals surface area contributed by atoms with E-state index in [1.165, 1.54) is 6.92 Å². The van der Waals surface area contributed by atoms with Gasteiger partial charge in [0.2, 0.25) is 0 Å². The Balaban J connectivity index is 2.59. The van der Waals surface area contributed by atoms with E-state index in [0.29, 0.717) is 30.9 Å². The number of amides is 2. The topological polar surface area (TPSA) is 107 Å². The lowest BCUT2D eigenvalue weighted by Gasteiger charge is -2.17. The van der Waals surface area contributed by atoms with Crippen molar-refractivity contribution in [1.29, 1.82) is 0 Å². The van der Waals surface area contributed by atoms with Gasteiger partial charge in [0.1, 0.15) is 11.7 Å². The van der Waals surface area contributed by atoms with Gasteiger partial charge in [-0.1, -0.05) is 6.42 Å². The summed E-state index contributed by atoms with van der Waals surface area (Å²) in [5.41, 5.74) is 5.34. The Hall–Kier alpha value is -1.76. The fourth-order valence-corrected chi connectivity index (χ4v) is 1.79. The fourth-order valence-electron chi connectivity index (χ4n) is 1.79. The van der Waals surface area contributed by atoms with E-state index < -0.39 is 23.7 Å². The summed E-state index contributed by atoms with van der Waals surface area (Å²) in [6.45, 7) is 1.75. The maximum atomic E-state index is 11.8. The number of hydrogen-bond donors (Lipinski definition) is 1. The van der Waals surface area contributed by atoms with Crippen LogP contribution in [0.1, 0.15) is 39.0 Å². The summed E-state index contributed by atoms with van der Waals surface area (Å²) in [6.07, 6.45) is 1.67. The number of unbranched alkanes of at least 4 members (excludes halogenated alkanes) is 1. The number of imide groups is 1. The predicted molar refractivity (Wildman–Crippen MR) is 64.3 cm³/mol. The lowest BCUT2D eigenvalue weighted by atomic mass is 9.98. The highest BCUT2D eigenvalue weighted by Gasteiger charge is 2.35. The zero-order valence-electron chi connectivity index (χ0n) is 10.9. The van der Waals surface area contributed by atoms with E-state index in [2.05, 4.69) is 0 Å². The quantitative estimate of drug-likeness (QED) is 0.394. The number of nitrogens with zero attached hydrogens (tertiary/aromatic N) is 1. The first kappa shape index (κ1) is 15.3. The number of ketones is 1. The molecule has 1 heterocycles. The van der Waals surface area contributed by atoms with Gasteiger partial charge in [-0.3, -0.25) is 14.4 Å². The summed E-state index contributed by atoms with van der Waals surface area (Å²) in [5.74, 6) is -3.26. The van der Waals surface area contributed by atoms with Crippen LogP contribution in [-0.2, 0) is 24.0 Å². The predicted octanol–water partition coefficient (Wildman–Crippen LogP) is -0.0722. The molecule has 1 rings (SSSR count). The largest absolute Gasteiger partial charge is 0.343 e. The monoisotopic (exact) mass is 270 g/mol. The molecule has 19 heavy (non-hydrogen) atoms. The summed E-state index contributed by atoms with van der Waals surface area (Å²) in [4.78, 5) is 50.5. The first-order valence-corrected chi connectivity index (χ1v) is 6.25. The van der Waals surface area contributed by atoms with Crippen molar-refractivity contribution in [2.45, 2.75) is 39.0 Å². The molecule has 0 radical (unpaired) electrons. The van der Waals surface area contributed by atoms with Crippen LogP contribution in [0.5, 0.6) is 0 Å². The molecule has 2 N–H and O–H groups in total. The molecule has 1 unspecified atom stereocenters. The fraction of sp³-hybridized carbons (Fsp3) is 0.667.